The van der Waals surface area contributed by atoms with Crippen LogP contribution >= 0.6 is 0 Å². The number of nitriles is 1. The van der Waals surface area contributed by atoms with Crippen molar-refractivity contribution in [3.05, 3.63) is 35.4 Å². The number of rotatable bonds is 5. The Morgan fingerprint density at radius 1 is 1.40 bits per heavy atom. The van der Waals surface area contributed by atoms with Gasteiger partial charge in [0.2, 0.25) is 0 Å². The van der Waals surface area contributed by atoms with Gasteiger partial charge < -0.3 is 10.1 Å². The second kappa shape index (κ2) is 6.20. The van der Waals surface area contributed by atoms with Crippen molar-refractivity contribution in [2.24, 2.45) is 5.92 Å². The highest BCUT2D eigenvalue weighted by molar-refractivity contribution is 5.96. The number of nitrogens with zero attached hydrogens (tertiary/aromatic N) is 1. The van der Waals surface area contributed by atoms with E-state index in [1.165, 1.54) is 7.11 Å². The highest BCUT2D eigenvalue weighted by Crippen LogP contribution is 2.33. The van der Waals surface area contributed by atoms with Crippen molar-refractivity contribution < 1.29 is 14.3 Å². The summed E-state index contributed by atoms with van der Waals surface area (Å²) < 4.78 is 4.72. The molecule has 1 N–H and O–H groups in total. The molecule has 1 aromatic rings. The molecule has 1 aromatic carbocycles. The molecule has 1 aliphatic carbocycles. The summed E-state index contributed by atoms with van der Waals surface area (Å²) >= 11 is 0. The zero-order chi connectivity index (χ0) is 14.5. The molecule has 0 aliphatic heterocycles. The normalized spacial score (nSPS) is 15.0. The van der Waals surface area contributed by atoms with Crippen molar-refractivity contribution in [3.63, 3.8) is 0 Å². The lowest BCUT2D eigenvalue weighted by molar-refractivity contribution is -0.143. The largest absolute Gasteiger partial charge is 0.467 e. The highest BCUT2D eigenvalue weighted by atomic mass is 16.5. The van der Waals surface area contributed by atoms with Gasteiger partial charge in [-0.05, 0) is 36.6 Å². The van der Waals surface area contributed by atoms with Crippen LogP contribution in [-0.4, -0.2) is 25.0 Å². The minimum absolute atomic E-state index is 0.328. The molecule has 5 heteroatoms. The summed E-state index contributed by atoms with van der Waals surface area (Å²) in [6.45, 7) is 0. The monoisotopic (exact) mass is 272 g/mol. The van der Waals surface area contributed by atoms with Gasteiger partial charge in [-0.15, -0.1) is 0 Å². The molecule has 0 aromatic heterocycles. The van der Waals surface area contributed by atoms with Crippen LogP contribution in [0.1, 0.15) is 35.2 Å². The van der Waals surface area contributed by atoms with Crippen LogP contribution in [0.5, 0.6) is 0 Å². The van der Waals surface area contributed by atoms with Gasteiger partial charge in [0.15, 0.2) is 0 Å². The van der Waals surface area contributed by atoms with Crippen molar-refractivity contribution in [2.45, 2.75) is 25.3 Å². The predicted octanol–water partition coefficient (Wildman–Crippen LogP) is 1.63. The average molecular weight is 272 g/mol. The number of hydrogen-bond acceptors (Lipinski definition) is 4. The summed E-state index contributed by atoms with van der Waals surface area (Å²) in [4.78, 5) is 23.7. The fraction of sp³-hybridized carbons (Fsp3) is 0.400. The number of nitrogens with one attached hydrogen (secondary N) is 1. The zero-order valence-corrected chi connectivity index (χ0v) is 11.3. The van der Waals surface area contributed by atoms with Gasteiger partial charge in [-0.1, -0.05) is 12.8 Å². The molecular formula is C15H16N2O3. The average Bonchev–Trinajstić information content (AvgIpc) is 3.29. The van der Waals surface area contributed by atoms with Crippen LogP contribution in [0, 0.1) is 17.2 Å². The summed E-state index contributed by atoms with van der Waals surface area (Å²) in [5.41, 5.74) is 0.915. The molecule has 0 unspecified atom stereocenters. The smallest absolute Gasteiger partial charge is 0.328 e. The van der Waals surface area contributed by atoms with E-state index in [9.17, 15) is 9.59 Å². The summed E-state index contributed by atoms with van der Waals surface area (Å²) in [7, 11) is 1.32. The van der Waals surface area contributed by atoms with Crippen LogP contribution in [0.15, 0.2) is 24.3 Å². The first-order valence-corrected chi connectivity index (χ1v) is 6.53. The Bertz CT molecular complexity index is 541. The number of carbonyl (C=O) groups is 2. The third-order valence-electron chi connectivity index (χ3n) is 3.33. The highest BCUT2D eigenvalue weighted by Gasteiger charge is 2.31. The summed E-state index contributed by atoms with van der Waals surface area (Å²) in [5, 5.41) is 11.4. The van der Waals surface area contributed by atoms with Gasteiger partial charge in [0.25, 0.3) is 5.91 Å². The van der Waals surface area contributed by atoms with E-state index in [2.05, 4.69) is 5.32 Å². The van der Waals surface area contributed by atoms with Crippen LogP contribution in [0.3, 0.4) is 0 Å². The molecular weight excluding hydrogens is 256 g/mol. The Kier molecular flexibility index (Phi) is 4.36. The van der Waals surface area contributed by atoms with Gasteiger partial charge >= 0.3 is 5.97 Å². The molecule has 1 atom stereocenters. The molecule has 104 valence electrons. The molecule has 2 rings (SSSR count). The molecule has 20 heavy (non-hydrogen) atoms. The molecule has 1 saturated carbocycles. The standard InChI is InChI=1S/C15H16N2O3/c1-20-15(19)13(8-10-2-3-10)17-14(18)12-6-4-11(9-16)5-7-12/h4-7,10,13H,2-3,8H2,1H3,(H,17,18)/t13-/m1/s1. The number of benzene rings is 1. The predicted molar refractivity (Wildman–Crippen MR) is 71.8 cm³/mol. The minimum atomic E-state index is -0.601. The Morgan fingerprint density at radius 2 is 2.05 bits per heavy atom. The molecule has 0 spiro atoms. The van der Waals surface area contributed by atoms with Crippen molar-refractivity contribution in [1.82, 2.24) is 5.32 Å². The fourth-order valence-electron chi connectivity index (χ4n) is 1.98. The molecule has 0 saturated heterocycles. The maximum Gasteiger partial charge on any atom is 0.328 e. The minimum Gasteiger partial charge on any atom is -0.467 e. The maximum absolute atomic E-state index is 12.1. The van der Waals surface area contributed by atoms with Crippen molar-refractivity contribution in [2.75, 3.05) is 7.11 Å². The molecule has 5 nitrogen and oxygen atoms in total. The lowest BCUT2D eigenvalue weighted by Crippen LogP contribution is -2.41. The van der Waals surface area contributed by atoms with Gasteiger partial charge in [0, 0.05) is 5.56 Å². The van der Waals surface area contributed by atoms with Crippen molar-refractivity contribution >= 4 is 11.9 Å². The van der Waals surface area contributed by atoms with E-state index in [0.717, 1.165) is 12.8 Å². The van der Waals surface area contributed by atoms with Crippen molar-refractivity contribution in [3.8, 4) is 6.07 Å². The second-order valence-corrected chi connectivity index (χ2v) is 4.92. The van der Waals surface area contributed by atoms with E-state index in [0.29, 0.717) is 23.5 Å². The second-order valence-electron chi connectivity index (χ2n) is 4.92. The van der Waals surface area contributed by atoms with E-state index < -0.39 is 12.0 Å². The van der Waals surface area contributed by atoms with Crippen LogP contribution < -0.4 is 5.32 Å². The Hall–Kier alpha value is -2.35. The Labute approximate surface area is 117 Å². The molecule has 0 bridgehead atoms. The quantitative estimate of drug-likeness (QED) is 0.826. The Morgan fingerprint density at radius 3 is 2.55 bits per heavy atom. The molecule has 1 amide bonds. The van der Waals surface area contributed by atoms with Crippen LogP contribution in [-0.2, 0) is 9.53 Å². The summed E-state index contributed by atoms with van der Waals surface area (Å²) in [5.74, 6) is -0.246. The topological polar surface area (TPSA) is 79.2 Å². The van der Waals surface area contributed by atoms with E-state index in [-0.39, 0.29) is 5.91 Å². The van der Waals surface area contributed by atoms with Crippen LogP contribution in [0.4, 0.5) is 0 Å². The van der Waals surface area contributed by atoms with Gasteiger partial charge in [-0.2, -0.15) is 5.26 Å². The summed E-state index contributed by atoms with van der Waals surface area (Å²) in [6, 6.07) is 7.67. The number of amides is 1. The number of ether oxygens (including phenoxy) is 1. The lowest BCUT2D eigenvalue weighted by Gasteiger charge is -2.16. The van der Waals surface area contributed by atoms with Crippen molar-refractivity contribution in [1.29, 1.82) is 5.26 Å². The molecule has 0 radical (unpaired) electrons. The fourth-order valence-corrected chi connectivity index (χ4v) is 1.98. The number of hydrogen-bond donors (Lipinski definition) is 1. The van der Waals surface area contributed by atoms with Crippen LogP contribution in [0.25, 0.3) is 0 Å². The van der Waals surface area contributed by atoms with Gasteiger partial charge in [-0.25, -0.2) is 4.79 Å². The molecule has 0 heterocycles. The van der Waals surface area contributed by atoms with Gasteiger partial charge in [0.05, 0.1) is 18.7 Å². The number of methoxy groups -OCH3 is 1. The van der Waals surface area contributed by atoms with E-state index >= 15 is 0 Å². The number of carbonyl (C=O) groups excluding carboxylic acids is 2. The van der Waals surface area contributed by atoms with Gasteiger partial charge in [0.1, 0.15) is 6.04 Å². The maximum atomic E-state index is 12.1. The third-order valence-corrected chi connectivity index (χ3v) is 3.33. The Balaban J connectivity index is 2.02. The molecule has 1 aliphatic rings. The van der Waals surface area contributed by atoms with E-state index in [1.807, 2.05) is 6.07 Å². The zero-order valence-electron chi connectivity index (χ0n) is 11.3. The van der Waals surface area contributed by atoms with Crippen LogP contribution in [0.2, 0.25) is 0 Å². The third kappa shape index (κ3) is 3.58. The van der Waals surface area contributed by atoms with E-state index in [1.54, 1.807) is 24.3 Å². The first-order chi connectivity index (χ1) is 9.63. The summed E-state index contributed by atoms with van der Waals surface area (Å²) in [6.07, 6.45) is 2.81. The first-order valence-electron chi connectivity index (χ1n) is 6.53. The SMILES string of the molecule is COC(=O)[C@@H](CC1CC1)NC(=O)c1ccc(C#N)cc1. The van der Waals surface area contributed by atoms with E-state index in [4.69, 9.17) is 10.00 Å². The lowest BCUT2D eigenvalue weighted by atomic mass is 10.1. The number of esters is 1. The van der Waals surface area contributed by atoms with Gasteiger partial charge in [-0.3, -0.25) is 4.79 Å². The molecule has 1 fully saturated rings. The first kappa shape index (κ1) is 14.1.